The lowest BCUT2D eigenvalue weighted by atomic mass is 10.1. The predicted molar refractivity (Wildman–Crippen MR) is 79.5 cm³/mol. The van der Waals surface area contributed by atoms with Crippen molar-refractivity contribution in [2.24, 2.45) is 0 Å². The quantitative estimate of drug-likeness (QED) is 0.594. The third-order valence-electron chi connectivity index (χ3n) is 3.19. The smallest absolute Gasteiger partial charge is 0.157 e. The molecule has 1 saturated heterocycles. The monoisotopic (exact) mass is 300 g/mol. The molecule has 0 radical (unpaired) electrons. The van der Waals surface area contributed by atoms with Crippen LogP contribution < -0.4 is 10.6 Å². The number of hydrogen-bond donors (Lipinski definition) is 2. The van der Waals surface area contributed by atoms with Crippen LogP contribution in [-0.4, -0.2) is 49.5 Å². The third kappa shape index (κ3) is 4.47. The maximum Gasteiger partial charge on any atom is 0.157 e. The molecule has 0 bridgehead atoms. The van der Waals surface area contributed by atoms with Crippen molar-refractivity contribution in [3.63, 3.8) is 0 Å². The van der Waals surface area contributed by atoms with Gasteiger partial charge in [0.05, 0.1) is 6.10 Å². The fourth-order valence-electron chi connectivity index (χ4n) is 2.09. The molecule has 0 spiro atoms. The van der Waals surface area contributed by atoms with Gasteiger partial charge >= 0.3 is 0 Å². The van der Waals surface area contributed by atoms with E-state index in [4.69, 9.17) is 21.1 Å². The SMILES string of the molecule is CNc1c(Cl)ncnc1NCCCOC1CCOCC1. The molecule has 0 amide bonds. The first-order valence-corrected chi connectivity index (χ1v) is 7.30. The Morgan fingerprint density at radius 2 is 2.20 bits per heavy atom. The Bertz CT molecular complexity index is 413. The molecule has 1 aliphatic heterocycles. The lowest BCUT2D eigenvalue weighted by Gasteiger charge is -2.22. The third-order valence-corrected chi connectivity index (χ3v) is 3.47. The molecule has 1 fully saturated rings. The molecular weight excluding hydrogens is 280 g/mol. The van der Waals surface area contributed by atoms with Crippen LogP contribution in [0, 0.1) is 0 Å². The number of anilines is 2. The van der Waals surface area contributed by atoms with Crippen LogP contribution in [0.15, 0.2) is 6.33 Å². The Hall–Kier alpha value is -1.11. The van der Waals surface area contributed by atoms with Crippen molar-refractivity contribution in [3.8, 4) is 0 Å². The molecule has 20 heavy (non-hydrogen) atoms. The molecule has 1 aromatic heterocycles. The molecule has 6 nitrogen and oxygen atoms in total. The summed E-state index contributed by atoms with van der Waals surface area (Å²) in [5, 5.41) is 6.65. The highest BCUT2D eigenvalue weighted by Gasteiger charge is 2.13. The minimum Gasteiger partial charge on any atom is -0.383 e. The summed E-state index contributed by atoms with van der Waals surface area (Å²) in [6.07, 6.45) is 4.72. The Kier molecular flexibility index (Phi) is 6.29. The van der Waals surface area contributed by atoms with Crippen molar-refractivity contribution in [1.29, 1.82) is 0 Å². The van der Waals surface area contributed by atoms with E-state index in [9.17, 15) is 0 Å². The Labute approximate surface area is 124 Å². The summed E-state index contributed by atoms with van der Waals surface area (Å²) < 4.78 is 11.1. The normalized spacial score (nSPS) is 16.1. The zero-order chi connectivity index (χ0) is 14.2. The minimum atomic E-state index is 0.352. The number of nitrogens with zero attached hydrogens (tertiary/aromatic N) is 2. The lowest BCUT2D eigenvalue weighted by Crippen LogP contribution is -2.24. The van der Waals surface area contributed by atoms with Crippen LogP contribution in [-0.2, 0) is 9.47 Å². The van der Waals surface area contributed by atoms with Gasteiger partial charge in [-0.05, 0) is 19.3 Å². The van der Waals surface area contributed by atoms with Crippen LogP contribution in [0.1, 0.15) is 19.3 Å². The molecule has 2 heterocycles. The van der Waals surface area contributed by atoms with Gasteiger partial charge in [0.2, 0.25) is 0 Å². The molecule has 7 heteroatoms. The Morgan fingerprint density at radius 1 is 1.40 bits per heavy atom. The van der Waals surface area contributed by atoms with Gasteiger partial charge in [-0.15, -0.1) is 0 Å². The Balaban J connectivity index is 1.67. The lowest BCUT2D eigenvalue weighted by molar-refractivity contribution is -0.0316. The summed E-state index contributed by atoms with van der Waals surface area (Å²) >= 11 is 5.98. The largest absolute Gasteiger partial charge is 0.383 e. The fourth-order valence-corrected chi connectivity index (χ4v) is 2.32. The molecule has 0 saturated carbocycles. The summed E-state index contributed by atoms with van der Waals surface area (Å²) in [4.78, 5) is 8.10. The van der Waals surface area contributed by atoms with E-state index in [1.807, 2.05) is 0 Å². The van der Waals surface area contributed by atoms with Gasteiger partial charge in [0, 0.05) is 33.4 Å². The van der Waals surface area contributed by atoms with Gasteiger partial charge in [-0.2, -0.15) is 0 Å². The highest BCUT2D eigenvalue weighted by molar-refractivity contribution is 6.32. The van der Waals surface area contributed by atoms with Gasteiger partial charge in [-0.3, -0.25) is 0 Å². The number of rotatable bonds is 7. The van der Waals surface area contributed by atoms with Crippen LogP contribution in [0.25, 0.3) is 0 Å². The topological polar surface area (TPSA) is 68.3 Å². The molecular formula is C13H21ClN4O2. The average Bonchev–Trinajstić information content (AvgIpc) is 2.48. The molecule has 0 aliphatic carbocycles. The second-order valence-electron chi connectivity index (χ2n) is 4.60. The van der Waals surface area contributed by atoms with E-state index in [-0.39, 0.29) is 0 Å². The van der Waals surface area contributed by atoms with E-state index in [0.717, 1.165) is 57.1 Å². The fraction of sp³-hybridized carbons (Fsp3) is 0.692. The summed E-state index contributed by atoms with van der Waals surface area (Å²) in [6, 6.07) is 0. The van der Waals surface area contributed by atoms with Crippen molar-refractivity contribution < 1.29 is 9.47 Å². The zero-order valence-electron chi connectivity index (χ0n) is 11.7. The van der Waals surface area contributed by atoms with E-state index in [1.165, 1.54) is 6.33 Å². The van der Waals surface area contributed by atoms with Gasteiger partial charge in [-0.1, -0.05) is 11.6 Å². The molecule has 1 aliphatic rings. The second kappa shape index (κ2) is 8.24. The van der Waals surface area contributed by atoms with Crippen molar-refractivity contribution >= 4 is 23.1 Å². The van der Waals surface area contributed by atoms with Gasteiger partial charge in [0.1, 0.15) is 12.0 Å². The summed E-state index contributed by atoms with van der Waals surface area (Å²) in [5.74, 6) is 0.721. The van der Waals surface area contributed by atoms with E-state index in [0.29, 0.717) is 11.3 Å². The molecule has 0 aromatic carbocycles. The van der Waals surface area contributed by atoms with Gasteiger partial charge in [-0.25, -0.2) is 9.97 Å². The van der Waals surface area contributed by atoms with Gasteiger partial charge in [0.15, 0.2) is 11.0 Å². The molecule has 112 valence electrons. The van der Waals surface area contributed by atoms with Crippen LogP contribution in [0.5, 0.6) is 0 Å². The zero-order valence-corrected chi connectivity index (χ0v) is 12.4. The van der Waals surface area contributed by atoms with Crippen LogP contribution in [0.4, 0.5) is 11.5 Å². The number of halogens is 1. The number of ether oxygens (including phenoxy) is 2. The average molecular weight is 301 g/mol. The second-order valence-corrected chi connectivity index (χ2v) is 4.96. The summed E-state index contributed by atoms with van der Waals surface area (Å²) in [6.45, 7) is 3.15. The van der Waals surface area contributed by atoms with Gasteiger partial charge < -0.3 is 20.1 Å². The van der Waals surface area contributed by atoms with Gasteiger partial charge in [0.25, 0.3) is 0 Å². The predicted octanol–water partition coefficient (Wildman–Crippen LogP) is 2.17. The van der Waals surface area contributed by atoms with Crippen LogP contribution in [0.2, 0.25) is 5.15 Å². The number of aromatic nitrogens is 2. The van der Waals surface area contributed by atoms with Crippen molar-refractivity contribution in [2.45, 2.75) is 25.4 Å². The number of hydrogen-bond acceptors (Lipinski definition) is 6. The van der Waals surface area contributed by atoms with E-state index >= 15 is 0 Å². The first kappa shape index (κ1) is 15.3. The van der Waals surface area contributed by atoms with Crippen LogP contribution >= 0.6 is 11.6 Å². The highest BCUT2D eigenvalue weighted by Crippen LogP contribution is 2.25. The highest BCUT2D eigenvalue weighted by atomic mass is 35.5. The van der Waals surface area contributed by atoms with Crippen molar-refractivity contribution in [2.75, 3.05) is 44.0 Å². The first-order chi connectivity index (χ1) is 9.81. The molecule has 2 N–H and O–H groups in total. The molecule has 2 rings (SSSR count). The van der Waals surface area contributed by atoms with Crippen molar-refractivity contribution in [1.82, 2.24) is 9.97 Å². The maximum absolute atomic E-state index is 5.98. The minimum absolute atomic E-state index is 0.352. The van der Waals surface area contributed by atoms with E-state index < -0.39 is 0 Å². The first-order valence-electron chi connectivity index (χ1n) is 6.92. The number of nitrogens with one attached hydrogen (secondary N) is 2. The summed E-state index contributed by atoms with van der Waals surface area (Å²) in [5.41, 5.74) is 0.722. The van der Waals surface area contributed by atoms with E-state index in [2.05, 4.69) is 20.6 Å². The maximum atomic E-state index is 5.98. The molecule has 0 unspecified atom stereocenters. The summed E-state index contributed by atoms with van der Waals surface area (Å²) in [7, 11) is 1.80. The molecule has 0 atom stereocenters. The van der Waals surface area contributed by atoms with Crippen LogP contribution in [0.3, 0.4) is 0 Å². The molecule has 1 aromatic rings. The van der Waals surface area contributed by atoms with Crippen molar-refractivity contribution in [3.05, 3.63) is 11.5 Å². The Morgan fingerprint density at radius 3 is 2.95 bits per heavy atom. The standard InChI is InChI=1S/C13H21ClN4O2/c1-15-11-12(14)17-9-18-13(11)16-5-2-6-20-10-3-7-19-8-4-10/h9-10,15H,2-8H2,1H3,(H,16,17,18). The van der Waals surface area contributed by atoms with E-state index in [1.54, 1.807) is 7.05 Å².